The number of rotatable bonds is 7. The number of hydrogen-bond acceptors (Lipinski definition) is 5. The molecule has 0 spiro atoms. The molecule has 0 saturated carbocycles. The number of carbonyl (C=O) groups is 1. The van der Waals surface area contributed by atoms with Crippen molar-refractivity contribution in [3.05, 3.63) is 95.6 Å². The third-order valence-electron chi connectivity index (χ3n) is 5.99. The maximum atomic E-state index is 13.7. The van der Waals surface area contributed by atoms with Crippen molar-refractivity contribution in [3.8, 4) is 18.1 Å². The van der Waals surface area contributed by atoms with Crippen LogP contribution in [0.5, 0.6) is 5.75 Å². The smallest absolute Gasteiger partial charge is 0.271 e. The quantitative estimate of drug-likeness (QED) is 0.446. The first-order valence-corrected chi connectivity index (χ1v) is 12.8. The molecule has 3 aromatic rings. The fraction of sp³-hybridized carbons (Fsp3) is 0.250. The van der Waals surface area contributed by atoms with Gasteiger partial charge in [0.05, 0.1) is 21.8 Å². The topological polar surface area (TPSA) is 63.9 Å². The van der Waals surface area contributed by atoms with Crippen molar-refractivity contribution in [1.82, 2.24) is 9.47 Å². The maximum Gasteiger partial charge on any atom is 0.271 e. The van der Waals surface area contributed by atoms with Gasteiger partial charge >= 0.3 is 0 Å². The van der Waals surface area contributed by atoms with Crippen LogP contribution in [0.2, 0.25) is 5.02 Å². The molecule has 36 heavy (non-hydrogen) atoms. The van der Waals surface area contributed by atoms with Crippen molar-refractivity contribution in [1.29, 1.82) is 0 Å². The number of carbonyl (C=O) groups excluding carboxylic acids is 1. The summed E-state index contributed by atoms with van der Waals surface area (Å²) in [6.45, 7) is 7.01. The third-order valence-corrected chi connectivity index (χ3v) is 7.22. The summed E-state index contributed by atoms with van der Waals surface area (Å²) < 4.78 is 7.57. The van der Waals surface area contributed by atoms with Crippen molar-refractivity contribution in [2.45, 2.75) is 26.8 Å². The molecule has 1 aliphatic rings. The van der Waals surface area contributed by atoms with E-state index >= 15 is 0 Å². The Bertz CT molecular complexity index is 1520. The fourth-order valence-electron chi connectivity index (χ4n) is 4.17. The molecular formula is C28H26ClN3O3S. The molecule has 0 unspecified atom stereocenters. The van der Waals surface area contributed by atoms with E-state index < -0.39 is 6.04 Å². The number of hydrogen-bond donors (Lipinski definition) is 0. The van der Waals surface area contributed by atoms with Crippen molar-refractivity contribution in [3.63, 3.8) is 0 Å². The van der Waals surface area contributed by atoms with Gasteiger partial charge in [0.1, 0.15) is 12.4 Å². The monoisotopic (exact) mass is 519 g/mol. The van der Waals surface area contributed by atoms with E-state index in [1.165, 1.54) is 11.3 Å². The molecule has 1 aromatic heterocycles. The second kappa shape index (κ2) is 11.0. The predicted molar refractivity (Wildman–Crippen MR) is 144 cm³/mol. The average Bonchev–Trinajstić information content (AvgIpc) is 3.18. The Kier molecular flexibility index (Phi) is 7.78. The molecule has 6 nitrogen and oxygen atoms in total. The van der Waals surface area contributed by atoms with Gasteiger partial charge in [0.15, 0.2) is 4.80 Å². The highest BCUT2D eigenvalue weighted by molar-refractivity contribution is 7.07. The molecule has 0 fully saturated rings. The third kappa shape index (κ3) is 5.01. The lowest BCUT2D eigenvalue weighted by molar-refractivity contribution is -0.127. The Morgan fingerprint density at radius 2 is 1.86 bits per heavy atom. The summed E-state index contributed by atoms with van der Waals surface area (Å²) in [6, 6.07) is 14.0. The fourth-order valence-corrected chi connectivity index (χ4v) is 5.35. The Balaban J connectivity index is 1.86. The molecular weight excluding hydrogens is 494 g/mol. The van der Waals surface area contributed by atoms with Crippen molar-refractivity contribution in [2.24, 2.45) is 4.99 Å². The molecule has 2 heterocycles. The van der Waals surface area contributed by atoms with Gasteiger partial charge in [0, 0.05) is 18.1 Å². The number of thiazole rings is 1. The number of ether oxygens (including phenoxy) is 1. The number of amides is 1. The van der Waals surface area contributed by atoms with Crippen LogP contribution in [0.15, 0.2) is 69.6 Å². The SMILES string of the molecule is C#CCOc1ccc(/C=c2/sc3n(c2=O)[C@H](c2ccc(Cl)cc2)C(C(=O)N(CC)CC)=C(C)N=3)cc1. The van der Waals surface area contributed by atoms with E-state index in [4.69, 9.17) is 27.8 Å². The van der Waals surface area contributed by atoms with Gasteiger partial charge < -0.3 is 9.64 Å². The molecule has 0 bridgehead atoms. The van der Waals surface area contributed by atoms with Crippen LogP contribution in [0, 0.1) is 12.3 Å². The van der Waals surface area contributed by atoms with E-state index in [0.717, 1.165) is 11.1 Å². The maximum absolute atomic E-state index is 13.7. The van der Waals surface area contributed by atoms with E-state index in [1.807, 2.05) is 63.2 Å². The van der Waals surface area contributed by atoms with E-state index in [0.29, 0.717) is 44.5 Å². The summed E-state index contributed by atoms with van der Waals surface area (Å²) in [4.78, 5) is 34.3. The highest BCUT2D eigenvalue weighted by Gasteiger charge is 2.34. The minimum absolute atomic E-state index is 0.127. The molecule has 0 saturated heterocycles. The summed E-state index contributed by atoms with van der Waals surface area (Å²) in [5.41, 5.74) is 2.53. The van der Waals surface area contributed by atoms with Crippen LogP contribution in [0.25, 0.3) is 6.08 Å². The number of benzene rings is 2. The van der Waals surface area contributed by atoms with Crippen molar-refractivity contribution in [2.75, 3.05) is 19.7 Å². The normalized spacial score (nSPS) is 15.2. The number of halogens is 1. The second-order valence-corrected chi connectivity index (χ2v) is 9.62. The lowest BCUT2D eigenvalue weighted by atomic mass is 9.94. The number of terminal acetylenes is 1. The number of allylic oxidation sites excluding steroid dienone is 1. The molecule has 1 aliphatic heterocycles. The van der Waals surface area contributed by atoms with Crippen LogP contribution in [-0.4, -0.2) is 35.1 Å². The molecule has 184 valence electrons. The summed E-state index contributed by atoms with van der Waals surface area (Å²) in [5, 5.41) is 0.582. The lowest BCUT2D eigenvalue weighted by Crippen LogP contribution is -2.43. The zero-order valence-corrected chi connectivity index (χ0v) is 21.9. The number of aromatic nitrogens is 1. The van der Waals surface area contributed by atoms with Crippen LogP contribution in [0.3, 0.4) is 0 Å². The van der Waals surface area contributed by atoms with E-state index in [2.05, 4.69) is 5.92 Å². The Labute approximate surface area is 218 Å². The van der Waals surface area contributed by atoms with Gasteiger partial charge in [0.25, 0.3) is 11.5 Å². The minimum Gasteiger partial charge on any atom is -0.481 e. The summed E-state index contributed by atoms with van der Waals surface area (Å²) >= 11 is 7.44. The zero-order chi connectivity index (χ0) is 25.8. The van der Waals surface area contributed by atoms with E-state index in [-0.39, 0.29) is 18.1 Å². The number of nitrogens with zero attached hydrogens (tertiary/aromatic N) is 3. The zero-order valence-electron chi connectivity index (χ0n) is 20.3. The van der Waals surface area contributed by atoms with Gasteiger partial charge in [-0.3, -0.25) is 14.2 Å². The molecule has 1 amide bonds. The molecule has 0 aliphatic carbocycles. The molecule has 0 N–H and O–H groups in total. The largest absolute Gasteiger partial charge is 0.481 e. The van der Waals surface area contributed by atoms with Gasteiger partial charge in [-0.05, 0) is 62.2 Å². The van der Waals surface area contributed by atoms with Crippen LogP contribution in [-0.2, 0) is 4.79 Å². The minimum atomic E-state index is -0.603. The lowest BCUT2D eigenvalue weighted by Gasteiger charge is -2.29. The first-order valence-electron chi connectivity index (χ1n) is 11.6. The molecule has 0 radical (unpaired) electrons. The van der Waals surface area contributed by atoms with Gasteiger partial charge in [-0.1, -0.05) is 53.1 Å². The van der Waals surface area contributed by atoms with Gasteiger partial charge in [-0.2, -0.15) is 0 Å². The van der Waals surface area contributed by atoms with Gasteiger partial charge in [-0.15, -0.1) is 6.42 Å². The number of likely N-dealkylation sites (N-methyl/N-ethyl adjacent to an activating group) is 1. The van der Waals surface area contributed by atoms with Gasteiger partial charge in [0.2, 0.25) is 0 Å². The molecule has 1 atom stereocenters. The summed E-state index contributed by atoms with van der Waals surface area (Å²) in [7, 11) is 0. The Hall–Kier alpha value is -3.60. The summed E-state index contributed by atoms with van der Waals surface area (Å²) in [5.74, 6) is 2.96. The van der Waals surface area contributed by atoms with Gasteiger partial charge in [-0.25, -0.2) is 4.99 Å². The van der Waals surface area contributed by atoms with Crippen LogP contribution in [0.1, 0.15) is 37.9 Å². The molecule has 2 aromatic carbocycles. The first kappa shape index (κ1) is 25.5. The highest BCUT2D eigenvalue weighted by atomic mass is 35.5. The van der Waals surface area contributed by atoms with Crippen LogP contribution < -0.4 is 19.6 Å². The van der Waals surface area contributed by atoms with E-state index in [9.17, 15) is 9.59 Å². The number of fused-ring (bicyclic) bond motifs is 1. The van der Waals surface area contributed by atoms with Crippen molar-refractivity contribution >= 4 is 34.9 Å². The Morgan fingerprint density at radius 3 is 2.47 bits per heavy atom. The highest BCUT2D eigenvalue weighted by Crippen LogP contribution is 2.31. The standard InChI is InChI=1S/C28H26ClN3O3S/c1-5-16-35-22-14-8-19(9-15-22)17-23-26(33)32-25(20-10-12-21(29)13-11-20)24(18(4)30-28(32)36-23)27(34)31(6-2)7-3/h1,8-15,17,25H,6-7,16H2,2-4H3/b23-17+/t25-/m1/s1. The van der Waals surface area contributed by atoms with Crippen LogP contribution in [0.4, 0.5) is 0 Å². The second-order valence-electron chi connectivity index (χ2n) is 8.17. The first-order chi connectivity index (χ1) is 17.4. The predicted octanol–water partition coefficient (Wildman–Crippen LogP) is 3.77. The molecule has 8 heteroatoms. The van der Waals surface area contributed by atoms with Crippen molar-refractivity contribution < 1.29 is 9.53 Å². The van der Waals surface area contributed by atoms with E-state index in [1.54, 1.807) is 21.6 Å². The summed E-state index contributed by atoms with van der Waals surface area (Å²) in [6.07, 6.45) is 7.06. The van der Waals surface area contributed by atoms with Crippen LogP contribution >= 0.6 is 22.9 Å². The Morgan fingerprint density at radius 1 is 1.19 bits per heavy atom. The molecule has 4 rings (SSSR count). The average molecular weight is 520 g/mol.